The van der Waals surface area contributed by atoms with Crippen LogP contribution in [0.3, 0.4) is 0 Å². The predicted octanol–water partition coefficient (Wildman–Crippen LogP) is 1.84. The van der Waals surface area contributed by atoms with E-state index >= 15 is 0 Å². The van der Waals surface area contributed by atoms with Gasteiger partial charge in [-0.05, 0) is 6.42 Å². The summed E-state index contributed by atoms with van der Waals surface area (Å²) in [6.45, 7) is 3.59. The van der Waals surface area contributed by atoms with E-state index in [0.717, 1.165) is 18.0 Å². The Labute approximate surface area is 116 Å². The van der Waals surface area contributed by atoms with Crippen LogP contribution in [0.5, 0.6) is 0 Å². The summed E-state index contributed by atoms with van der Waals surface area (Å²) in [7, 11) is 0. The molecule has 0 amide bonds. The summed E-state index contributed by atoms with van der Waals surface area (Å²) in [5, 5.41) is 5.02. The van der Waals surface area contributed by atoms with Gasteiger partial charge in [0.15, 0.2) is 5.82 Å². The van der Waals surface area contributed by atoms with E-state index in [9.17, 15) is 0 Å². The molecule has 1 fully saturated rings. The van der Waals surface area contributed by atoms with E-state index in [2.05, 4.69) is 17.1 Å². The number of rotatable bonds is 6. The lowest BCUT2D eigenvalue weighted by Gasteiger charge is -2.27. The first-order valence-electron chi connectivity index (χ1n) is 6.18. The molecular formula is C11H19N3O2S2. The van der Waals surface area contributed by atoms with E-state index in [-0.39, 0.29) is 0 Å². The molecule has 2 heterocycles. The van der Waals surface area contributed by atoms with Crippen LogP contribution in [-0.4, -0.2) is 40.0 Å². The van der Waals surface area contributed by atoms with Crippen molar-refractivity contribution in [3.8, 4) is 0 Å². The van der Waals surface area contributed by atoms with Crippen molar-refractivity contribution in [1.29, 1.82) is 0 Å². The van der Waals surface area contributed by atoms with Crippen LogP contribution in [0.1, 0.15) is 30.3 Å². The predicted molar refractivity (Wildman–Crippen MR) is 74.7 cm³/mol. The third-order valence-corrected chi connectivity index (χ3v) is 5.92. The lowest BCUT2D eigenvalue weighted by molar-refractivity contribution is 0.104. The van der Waals surface area contributed by atoms with Crippen molar-refractivity contribution in [1.82, 2.24) is 10.1 Å². The first-order chi connectivity index (χ1) is 8.85. The number of nitrogens with zero attached hydrogens (tertiary/aromatic N) is 2. The second kappa shape index (κ2) is 7.37. The van der Waals surface area contributed by atoms with E-state index in [0.29, 0.717) is 36.1 Å². The van der Waals surface area contributed by atoms with Gasteiger partial charge in [-0.25, -0.2) is 0 Å². The Morgan fingerprint density at radius 2 is 2.28 bits per heavy atom. The number of hydrogen-bond acceptors (Lipinski definition) is 7. The largest absolute Gasteiger partial charge is 0.370 e. The zero-order valence-electron chi connectivity index (χ0n) is 10.5. The van der Waals surface area contributed by atoms with E-state index in [1.807, 2.05) is 23.5 Å². The van der Waals surface area contributed by atoms with Crippen molar-refractivity contribution in [2.45, 2.75) is 30.5 Å². The van der Waals surface area contributed by atoms with E-state index in [1.54, 1.807) is 0 Å². The molecule has 2 N–H and O–H groups in total. The van der Waals surface area contributed by atoms with Gasteiger partial charge in [-0.15, -0.1) is 11.8 Å². The molecule has 2 unspecified atom stereocenters. The van der Waals surface area contributed by atoms with Crippen LogP contribution in [0.15, 0.2) is 4.52 Å². The van der Waals surface area contributed by atoms with E-state index in [4.69, 9.17) is 15.0 Å². The van der Waals surface area contributed by atoms with Gasteiger partial charge in [-0.1, -0.05) is 12.1 Å². The van der Waals surface area contributed by atoms with Gasteiger partial charge < -0.3 is 15.0 Å². The molecule has 1 saturated heterocycles. The second-order valence-electron chi connectivity index (χ2n) is 4.00. The maximum absolute atomic E-state index is 5.35. The molecule has 2 atom stereocenters. The number of aromatic nitrogens is 2. The molecule has 0 aromatic carbocycles. The minimum absolute atomic E-state index is 0.348. The molecule has 0 saturated carbocycles. The average Bonchev–Trinajstić information content (AvgIpc) is 2.88. The Morgan fingerprint density at radius 3 is 3.06 bits per heavy atom. The Bertz CT molecular complexity index is 362. The molecule has 1 aliphatic rings. The molecule has 102 valence electrons. The summed E-state index contributed by atoms with van der Waals surface area (Å²) in [5.74, 6) is 3.72. The van der Waals surface area contributed by atoms with Crippen molar-refractivity contribution in [2.75, 3.05) is 24.7 Å². The van der Waals surface area contributed by atoms with Crippen LogP contribution >= 0.6 is 23.5 Å². The van der Waals surface area contributed by atoms with Crippen LogP contribution < -0.4 is 5.73 Å². The van der Waals surface area contributed by atoms with Gasteiger partial charge in [0.05, 0.1) is 11.9 Å². The second-order valence-corrected chi connectivity index (χ2v) is 6.59. The van der Waals surface area contributed by atoms with Gasteiger partial charge in [0.1, 0.15) is 6.61 Å². The number of ether oxygens (including phenoxy) is 1. The Balaban J connectivity index is 1.95. The standard InChI is InChI=1S/C11H19N3O2S2/c1-2-8-10(18-6-5-17-8)11-13-9(16-14-11)7-15-4-3-12/h8,10H,2-7,12H2,1H3. The molecule has 0 bridgehead atoms. The third kappa shape index (κ3) is 3.63. The summed E-state index contributed by atoms with van der Waals surface area (Å²) in [4.78, 5) is 4.43. The Morgan fingerprint density at radius 1 is 1.44 bits per heavy atom. The maximum atomic E-state index is 5.35. The van der Waals surface area contributed by atoms with Gasteiger partial charge in [-0.2, -0.15) is 16.7 Å². The molecular weight excluding hydrogens is 270 g/mol. The highest BCUT2D eigenvalue weighted by Gasteiger charge is 2.30. The zero-order chi connectivity index (χ0) is 12.8. The minimum Gasteiger partial charge on any atom is -0.370 e. The molecule has 1 aliphatic heterocycles. The SMILES string of the molecule is CCC1SCCSC1c1noc(COCCN)n1. The highest BCUT2D eigenvalue weighted by atomic mass is 32.2. The summed E-state index contributed by atoms with van der Waals surface area (Å²) in [5.41, 5.74) is 5.35. The fourth-order valence-corrected chi connectivity index (χ4v) is 4.81. The van der Waals surface area contributed by atoms with Gasteiger partial charge in [0.2, 0.25) is 0 Å². The third-order valence-electron chi connectivity index (χ3n) is 2.68. The number of nitrogens with two attached hydrogens (primary N) is 1. The molecule has 2 rings (SSSR count). The van der Waals surface area contributed by atoms with E-state index < -0.39 is 0 Å². The van der Waals surface area contributed by atoms with Gasteiger partial charge in [0, 0.05) is 23.3 Å². The van der Waals surface area contributed by atoms with Crippen LogP contribution in [-0.2, 0) is 11.3 Å². The Hall–Kier alpha value is -0.240. The summed E-state index contributed by atoms with van der Waals surface area (Å²) >= 11 is 3.93. The fraction of sp³-hybridized carbons (Fsp3) is 0.818. The molecule has 5 nitrogen and oxygen atoms in total. The monoisotopic (exact) mass is 289 g/mol. The quantitative estimate of drug-likeness (QED) is 0.801. The van der Waals surface area contributed by atoms with Gasteiger partial charge >= 0.3 is 0 Å². The molecule has 0 spiro atoms. The van der Waals surface area contributed by atoms with Crippen molar-refractivity contribution in [3.63, 3.8) is 0 Å². The maximum Gasteiger partial charge on any atom is 0.252 e. The van der Waals surface area contributed by atoms with Crippen LogP contribution in [0.25, 0.3) is 0 Å². The van der Waals surface area contributed by atoms with E-state index in [1.165, 1.54) is 5.75 Å². The molecule has 18 heavy (non-hydrogen) atoms. The lowest BCUT2D eigenvalue weighted by Crippen LogP contribution is -2.19. The highest BCUT2D eigenvalue weighted by molar-refractivity contribution is 8.06. The van der Waals surface area contributed by atoms with Crippen LogP contribution in [0, 0.1) is 0 Å². The first-order valence-corrected chi connectivity index (χ1v) is 8.28. The Kier molecular flexibility index (Phi) is 5.81. The number of thioether (sulfide) groups is 2. The summed E-state index contributed by atoms with van der Waals surface area (Å²) in [6.07, 6.45) is 1.13. The molecule has 0 aliphatic carbocycles. The summed E-state index contributed by atoms with van der Waals surface area (Å²) in [6, 6.07) is 0. The van der Waals surface area contributed by atoms with Crippen molar-refractivity contribution >= 4 is 23.5 Å². The molecule has 1 aromatic heterocycles. The highest BCUT2D eigenvalue weighted by Crippen LogP contribution is 2.42. The summed E-state index contributed by atoms with van der Waals surface area (Å²) < 4.78 is 10.5. The molecule has 7 heteroatoms. The normalized spacial score (nSPS) is 24.3. The van der Waals surface area contributed by atoms with Crippen LogP contribution in [0.4, 0.5) is 0 Å². The smallest absolute Gasteiger partial charge is 0.252 e. The topological polar surface area (TPSA) is 74.2 Å². The first kappa shape index (κ1) is 14.2. The van der Waals surface area contributed by atoms with Crippen molar-refractivity contribution < 1.29 is 9.26 Å². The number of hydrogen-bond donors (Lipinski definition) is 1. The van der Waals surface area contributed by atoms with Gasteiger partial charge in [0.25, 0.3) is 5.89 Å². The molecule has 0 radical (unpaired) electrons. The van der Waals surface area contributed by atoms with Gasteiger partial charge in [-0.3, -0.25) is 0 Å². The lowest BCUT2D eigenvalue weighted by atomic mass is 10.2. The molecule has 1 aromatic rings. The van der Waals surface area contributed by atoms with Crippen LogP contribution in [0.2, 0.25) is 0 Å². The minimum atomic E-state index is 0.348. The van der Waals surface area contributed by atoms with Crippen molar-refractivity contribution in [3.05, 3.63) is 11.7 Å². The average molecular weight is 289 g/mol. The fourth-order valence-electron chi connectivity index (χ4n) is 1.83. The zero-order valence-corrected chi connectivity index (χ0v) is 12.1. The van der Waals surface area contributed by atoms with Crippen molar-refractivity contribution in [2.24, 2.45) is 5.73 Å².